The van der Waals surface area contributed by atoms with Crippen LogP contribution in [0, 0.1) is 0 Å². The Kier molecular flexibility index (Phi) is 4.10. The SMILES string of the molecule is C=Cc1cc(OC)c(CC)cc1/N=C\C. The Bertz CT molecular complexity index is 380. The second-order valence-electron chi connectivity index (χ2n) is 3.17. The summed E-state index contributed by atoms with van der Waals surface area (Å²) in [5, 5.41) is 0. The number of hydrogen-bond donors (Lipinski definition) is 0. The van der Waals surface area contributed by atoms with Gasteiger partial charge in [-0.25, -0.2) is 0 Å². The van der Waals surface area contributed by atoms with Crippen molar-refractivity contribution >= 4 is 18.0 Å². The Morgan fingerprint density at radius 1 is 1.47 bits per heavy atom. The molecule has 0 spiro atoms. The molecule has 0 heterocycles. The first-order valence-electron chi connectivity index (χ1n) is 5.08. The molecule has 0 bridgehead atoms. The van der Waals surface area contributed by atoms with Gasteiger partial charge in [-0.15, -0.1) is 0 Å². The molecular weight excluding hydrogens is 186 g/mol. The Morgan fingerprint density at radius 3 is 2.67 bits per heavy atom. The molecule has 1 aromatic carbocycles. The van der Waals surface area contributed by atoms with E-state index in [4.69, 9.17) is 4.74 Å². The Balaban J connectivity index is 3.33. The number of nitrogens with zero attached hydrogens (tertiary/aromatic N) is 1. The third-order valence-electron chi connectivity index (χ3n) is 2.30. The lowest BCUT2D eigenvalue weighted by atomic mass is 10.1. The van der Waals surface area contributed by atoms with Gasteiger partial charge in [0.1, 0.15) is 5.75 Å². The maximum Gasteiger partial charge on any atom is 0.122 e. The van der Waals surface area contributed by atoms with Crippen LogP contribution in [0.3, 0.4) is 0 Å². The van der Waals surface area contributed by atoms with Gasteiger partial charge >= 0.3 is 0 Å². The molecule has 0 aliphatic carbocycles. The second-order valence-corrected chi connectivity index (χ2v) is 3.17. The quantitative estimate of drug-likeness (QED) is 0.685. The molecule has 2 heteroatoms. The van der Waals surface area contributed by atoms with E-state index in [-0.39, 0.29) is 0 Å². The van der Waals surface area contributed by atoms with Gasteiger partial charge in [0.05, 0.1) is 12.8 Å². The van der Waals surface area contributed by atoms with E-state index >= 15 is 0 Å². The highest BCUT2D eigenvalue weighted by atomic mass is 16.5. The summed E-state index contributed by atoms with van der Waals surface area (Å²) in [6.45, 7) is 7.78. The molecule has 0 aliphatic heterocycles. The molecule has 0 radical (unpaired) electrons. The number of rotatable bonds is 4. The fraction of sp³-hybridized carbons (Fsp3) is 0.308. The highest BCUT2D eigenvalue weighted by Crippen LogP contribution is 2.30. The monoisotopic (exact) mass is 203 g/mol. The van der Waals surface area contributed by atoms with Crippen LogP contribution in [0.1, 0.15) is 25.0 Å². The van der Waals surface area contributed by atoms with E-state index in [1.807, 2.05) is 13.0 Å². The zero-order valence-electron chi connectivity index (χ0n) is 9.58. The van der Waals surface area contributed by atoms with Crippen molar-refractivity contribution < 1.29 is 4.74 Å². The fourth-order valence-corrected chi connectivity index (χ4v) is 1.51. The molecule has 0 aliphatic rings. The van der Waals surface area contributed by atoms with Gasteiger partial charge in [0.25, 0.3) is 0 Å². The van der Waals surface area contributed by atoms with Crippen LogP contribution in [0.2, 0.25) is 0 Å². The molecule has 0 saturated heterocycles. The molecule has 0 saturated carbocycles. The first-order valence-corrected chi connectivity index (χ1v) is 5.08. The van der Waals surface area contributed by atoms with Gasteiger partial charge in [0.2, 0.25) is 0 Å². The zero-order valence-corrected chi connectivity index (χ0v) is 9.58. The van der Waals surface area contributed by atoms with Crippen molar-refractivity contribution in [2.24, 2.45) is 4.99 Å². The van der Waals surface area contributed by atoms with Gasteiger partial charge in [0.15, 0.2) is 0 Å². The van der Waals surface area contributed by atoms with Gasteiger partial charge in [-0.2, -0.15) is 0 Å². The van der Waals surface area contributed by atoms with Gasteiger partial charge in [0, 0.05) is 11.8 Å². The van der Waals surface area contributed by atoms with E-state index in [1.54, 1.807) is 19.4 Å². The van der Waals surface area contributed by atoms with Gasteiger partial charge in [-0.05, 0) is 31.0 Å². The van der Waals surface area contributed by atoms with Crippen LogP contribution < -0.4 is 4.74 Å². The number of methoxy groups -OCH3 is 1. The molecule has 1 aromatic rings. The predicted molar refractivity (Wildman–Crippen MR) is 66.3 cm³/mol. The molecule has 2 nitrogen and oxygen atoms in total. The molecule has 0 unspecified atom stereocenters. The Morgan fingerprint density at radius 2 is 2.20 bits per heavy atom. The highest BCUT2D eigenvalue weighted by Gasteiger charge is 2.06. The van der Waals surface area contributed by atoms with Crippen molar-refractivity contribution in [2.45, 2.75) is 20.3 Å². The van der Waals surface area contributed by atoms with E-state index in [0.717, 1.165) is 23.4 Å². The Hall–Kier alpha value is -1.57. The predicted octanol–water partition coefficient (Wildman–Crippen LogP) is 3.62. The first-order chi connectivity index (χ1) is 7.26. The largest absolute Gasteiger partial charge is 0.496 e. The molecule has 0 atom stereocenters. The van der Waals surface area contributed by atoms with Crippen LogP contribution in [0.4, 0.5) is 5.69 Å². The molecule has 1 rings (SSSR count). The summed E-state index contributed by atoms with van der Waals surface area (Å²) < 4.78 is 5.31. The molecule has 0 aromatic heterocycles. The number of hydrogen-bond acceptors (Lipinski definition) is 2. The van der Waals surface area contributed by atoms with E-state index in [2.05, 4.69) is 24.6 Å². The highest BCUT2D eigenvalue weighted by molar-refractivity contribution is 5.71. The lowest BCUT2D eigenvalue weighted by molar-refractivity contribution is 0.410. The van der Waals surface area contributed by atoms with Gasteiger partial charge < -0.3 is 4.74 Å². The maximum atomic E-state index is 5.31. The topological polar surface area (TPSA) is 21.6 Å². The molecule has 15 heavy (non-hydrogen) atoms. The summed E-state index contributed by atoms with van der Waals surface area (Å²) in [5.74, 6) is 0.905. The first kappa shape index (κ1) is 11.5. The zero-order chi connectivity index (χ0) is 11.3. The van der Waals surface area contributed by atoms with Gasteiger partial charge in [-0.1, -0.05) is 19.6 Å². The van der Waals surface area contributed by atoms with Crippen molar-refractivity contribution in [3.8, 4) is 5.75 Å². The lowest BCUT2D eigenvalue weighted by Gasteiger charge is -2.10. The summed E-state index contributed by atoms with van der Waals surface area (Å²) in [4.78, 5) is 4.31. The summed E-state index contributed by atoms with van der Waals surface area (Å²) >= 11 is 0. The molecular formula is C13H17NO. The third kappa shape index (κ3) is 2.46. The van der Waals surface area contributed by atoms with Crippen molar-refractivity contribution in [1.82, 2.24) is 0 Å². The van der Waals surface area contributed by atoms with Crippen LogP contribution in [-0.4, -0.2) is 13.3 Å². The molecule has 80 valence electrons. The standard InChI is InChI=1S/C13H17NO/c1-5-10-9-13(15-4)11(6-2)8-12(10)14-7-3/h5,7-9H,1,6H2,2-4H3/b14-7-. The van der Waals surface area contributed by atoms with Gasteiger partial charge in [-0.3, -0.25) is 4.99 Å². The summed E-state index contributed by atoms with van der Waals surface area (Å²) in [6, 6.07) is 4.03. The van der Waals surface area contributed by atoms with Crippen LogP contribution in [0.5, 0.6) is 5.75 Å². The lowest BCUT2D eigenvalue weighted by Crippen LogP contribution is -1.91. The fourth-order valence-electron chi connectivity index (χ4n) is 1.51. The number of aryl methyl sites for hydroxylation is 1. The molecule has 0 N–H and O–H groups in total. The minimum atomic E-state index is 0.905. The van der Waals surface area contributed by atoms with E-state index in [0.29, 0.717) is 0 Å². The van der Waals surface area contributed by atoms with E-state index in [9.17, 15) is 0 Å². The minimum Gasteiger partial charge on any atom is -0.496 e. The van der Waals surface area contributed by atoms with Crippen molar-refractivity contribution in [1.29, 1.82) is 0 Å². The molecule has 0 amide bonds. The van der Waals surface area contributed by atoms with E-state index in [1.165, 1.54) is 5.56 Å². The summed E-state index contributed by atoms with van der Waals surface area (Å²) in [7, 11) is 1.68. The van der Waals surface area contributed by atoms with Crippen molar-refractivity contribution in [3.05, 3.63) is 29.8 Å². The van der Waals surface area contributed by atoms with Crippen molar-refractivity contribution in [2.75, 3.05) is 7.11 Å². The van der Waals surface area contributed by atoms with Crippen molar-refractivity contribution in [3.63, 3.8) is 0 Å². The molecule has 0 fully saturated rings. The maximum absolute atomic E-state index is 5.31. The number of ether oxygens (including phenoxy) is 1. The summed E-state index contributed by atoms with van der Waals surface area (Å²) in [6.07, 6.45) is 4.52. The van der Waals surface area contributed by atoms with Crippen LogP contribution in [-0.2, 0) is 6.42 Å². The smallest absolute Gasteiger partial charge is 0.122 e. The average Bonchev–Trinajstić information content (AvgIpc) is 2.28. The van der Waals surface area contributed by atoms with Crippen LogP contribution in [0.15, 0.2) is 23.7 Å². The number of aliphatic imine (C=N–C) groups is 1. The van der Waals surface area contributed by atoms with Crippen LogP contribution >= 0.6 is 0 Å². The number of benzene rings is 1. The third-order valence-corrected chi connectivity index (χ3v) is 2.30. The second kappa shape index (κ2) is 5.35. The van der Waals surface area contributed by atoms with Crippen LogP contribution in [0.25, 0.3) is 6.08 Å². The minimum absolute atomic E-state index is 0.905. The average molecular weight is 203 g/mol. The Labute approximate surface area is 91.3 Å². The summed E-state index contributed by atoms with van der Waals surface area (Å²) in [5.41, 5.74) is 3.12. The normalized spacial score (nSPS) is 10.6. The van der Waals surface area contributed by atoms with E-state index < -0.39 is 0 Å².